The SMILES string of the molecule is COc1cccc(-c2ccc(CC(NC(=O)[C@@H](CC(=O)NO)CC(C)C)C(=O)NC(CC(C)C)C(N)=O)cc2)c1. The summed E-state index contributed by atoms with van der Waals surface area (Å²) in [7, 11) is 1.60. The summed E-state index contributed by atoms with van der Waals surface area (Å²) in [5, 5.41) is 14.4. The van der Waals surface area contributed by atoms with E-state index in [1.54, 1.807) is 12.6 Å². The maximum atomic E-state index is 13.4. The highest BCUT2D eigenvalue weighted by molar-refractivity contribution is 5.93. The number of hydroxylamine groups is 1. The van der Waals surface area contributed by atoms with Crippen LogP contribution in [0, 0.1) is 17.8 Å². The van der Waals surface area contributed by atoms with Gasteiger partial charge in [0.05, 0.1) is 7.11 Å². The summed E-state index contributed by atoms with van der Waals surface area (Å²) in [5.41, 5.74) is 9.79. The Labute approximate surface area is 236 Å². The zero-order chi connectivity index (χ0) is 29.8. The van der Waals surface area contributed by atoms with Gasteiger partial charge in [-0.3, -0.25) is 24.4 Å². The van der Waals surface area contributed by atoms with Gasteiger partial charge >= 0.3 is 0 Å². The number of hydrogen-bond donors (Lipinski definition) is 5. The number of nitrogens with one attached hydrogen (secondary N) is 3. The molecule has 10 heteroatoms. The third kappa shape index (κ3) is 10.3. The van der Waals surface area contributed by atoms with E-state index in [-0.39, 0.29) is 24.7 Å². The van der Waals surface area contributed by atoms with E-state index in [4.69, 9.17) is 15.7 Å². The van der Waals surface area contributed by atoms with Crippen LogP contribution in [-0.4, -0.2) is 48.0 Å². The van der Waals surface area contributed by atoms with Gasteiger partial charge in [0.15, 0.2) is 0 Å². The third-order valence-corrected chi connectivity index (χ3v) is 6.48. The number of carbonyl (C=O) groups excluding carboxylic acids is 4. The van der Waals surface area contributed by atoms with Crippen molar-refractivity contribution in [2.75, 3.05) is 7.11 Å². The molecule has 0 heterocycles. The van der Waals surface area contributed by atoms with Crippen LogP contribution in [0.1, 0.15) is 52.5 Å². The Morgan fingerprint density at radius 3 is 2.02 bits per heavy atom. The van der Waals surface area contributed by atoms with Gasteiger partial charge in [-0.05, 0) is 53.5 Å². The molecule has 2 aromatic rings. The second-order valence-electron chi connectivity index (χ2n) is 10.9. The van der Waals surface area contributed by atoms with Gasteiger partial charge in [-0.25, -0.2) is 5.48 Å². The highest BCUT2D eigenvalue weighted by Crippen LogP contribution is 2.24. The standard InChI is InChI=1S/C30H42N4O6/c1-18(2)13-23(17-27(35)34-39)29(37)33-26(30(38)32-25(28(31)36)14-19(3)4)15-20-9-11-21(12-10-20)22-7-6-8-24(16-22)40-5/h6-12,16,18-19,23,25-26,39H,13-15,17H2,1-5H3,(H2,31,36)(H,32,38)(H,33,37)(H,34,35)/t23-,25?,26?/m1/s1. The van der Waals surface area contributed by atoms with Crippen molar-refractivity contribution in [3.63, 3.8) is 0 Å². The molecule has 0 aliphatic rings. The van der Waals surface area contributed by atoms with Crippen molar-refractivity contribution in [1.82, 2.24) is 16.1 Å². The fourth-order valence-corrected chi connectivity index (χ4v) is 4.48. The molecule has 40 heavy (non-hydrogen) atoms. The van der Waals surface area contributed by atoms with Crippen molar-refractivity contribution >= 4 is 23.6 Å². The molecular formula is C30H42N4O6. The Bertz CT molecular complexity index is 1150. The molecule has 4 amide bonds. The van der Waals surface area contributed by atoms with Crippen molar-refractivity contribution < 1.29 is 29.1 Å². The molecule has 0 saturated heterocycles. The maximum absolute atomic E-state index is 13.4. The van der Waals surface area contributed by atoms with Crippen LogP contribution in [0.25, 0.3) is 11.1 Å². The van der Waals surface area contributed by atoms with Crippen LogP contribution in [0.2, 0.25) is 0 Å². The fourth-order valence-electron chi connectivity index (χ4n) is 4.48. The molecule has 0 aromatic heterocycles. The number of hydrogen-bond acceptors (Lipinski definition) is 6. The van der Waals surface area contributed by atoms with E-state index in [2.05, 4.69) is 10.6 Å². The minimum atomic E-state index is -1.03. The molecule has 6 N–H and O–H groups in total. The Balaban J connectivity index is 2.32. The van der Waals surface area contributed by atoms with Crippen molar-refractivity contribution in [2.24, 2.45) is 23.5 Å². The van der Waals surface area contributed by atoms with E-state index < -0.39 is 41.6 Å². The van der Waals surface area contributed by atoms with Crippen LogP contribution < -0.4 is 26.6 Å². The summed E-state index contributed by atoms with van der Waals surface area (Å²) in [6.45, 7) is 7.64. The summed E-state index contributed by atoms with van der Waals surface area (Å²) in [5.74, 6) is -2.24. The first kappa shape index (κ1) is 32.3. The first-order valence-electron chi connectivity index (χ1n) is 13.5. The van der Waals surface area contributed by atoms with Crippen LogP contribution in [0.15, 0.2) is 48.5 Å². The molecule has 0 radical (unpaired) electrons. The van der Waals surface area contributed by atoms with E-state index in [1.807, 2.05) is 76.2 Å². The van der Waals surface area contributed by atoms with E-state index in [0.29, 0.717) is 12.8 Å². The number of methoxy groups -OCH3 is 1. The number of nitrogens with two attached hydrogens (primary N) is 1. The van der Waals surface area contributed by atoms with E-state index in [1.165, 1.54) is 0 Å². The van der Waals surface area contributed by atoms with Crippen LogP contribution >= 0.6 is 0 Å². The zero-order valence-electron chi connectivity index (χ0n) is 23.9. The van der Waals surface area contributed by atoms with Crippen LogP contribution in [-0.2, 0) is 25.6 Å². The lowest BCUT2D eigenvalue weighted by atomic mass is 9.92. The second kappa shape index (κ2) is 15.6. The van der Waals surface area contributed by atoms with Crippen molar-refractivity contribution in [3.05, 3.63) is 54.1 Å². The lowest BCUT2D eigenvalue weighted by Gasteiger charge is -2.25. The smallest absolute Gasteiger partial charge is 0.244 e. The molecule has 218 valence electrons. The van der Waals surface area contributed by atoms with Gasteiger partial charge < -0.3 is 21.1 Å². The minimum absolute atomic E-state index is 0.0870. The Morgan fingerprint density at radius 2 is 1.48 bits per heavy atom. The number of primary amides is 1. The summed E-state index contributed by atoms with van der Waals surface area (Å²) in [6.07, 6.45) is 0.634. The quantitative estimate of drug-likeness (QED) is 0.168. The predicted molar refractivity (Wildman–Crippen MR) is 152 cm³/mol. The van der Waals surface area contributed by atoms with Crippen molar-refractivity contribution in [2.45, 2.75) is 65.5 Å². The van der Waals surface area contributed by atoms with E-state index >= 15 is 0 Å². The molecular weight excluding hydrogens is 512 g/mol. The van der Waals surface area contributed by atoms with Gasteiger partial charge in [-0.2, -0.15) is 0 Å². The van der Waals surface area contributed by atoms with Crippen molar-refractivity contribution in [1.29, 1.82) is 0 Å². The monoisotopic (exact) mass is 554 g/mol. The minimum Gasteiger partial charge on any atom is -0.497 e. The number of carbonyl (C=O) groups is 4. The predicted octanol–water partition coefficient (Wildman–Crippen LogP) is 2.96. The molecule has 2 unspecified atom stereocenters. The van der Waals surface area contributed by atoms with Gasteiger partial charge in [0, 0.05) is 18.8 Å². The van der Waals surface area contributed by atoms with Gasteiger partial charge in [0.1, 0.15) is 17.8 Å². The summed E-state index contributed by atoms with van der Waals surface area (Å²) >= 11 is 0. The highest BCUT2D eigenvalue weighted by Gasteiger charge is 2.30. The molecule has 0 spiro atoms. The molecule has 0 aliphatic carbocycles. The lowest BCUT2D eigenvalue weighted by molar-refractivity contribution is -0.137. The summed E-state index contributed by atoms with van der Waals surface area (Å²) in [6, 6.07) is 13.3. The first-order valence-corrected chi connectivity index (χ1v) is 13.5. The van der Waals surface area contributed by atoms with Crippen molar-refractivity contribution in [3.8, 4) is 16.9 Å². The molecule has 2 aromatic carbocycles. The summed E-state index contributed by atoms with van der Waals surface area (Å²) in [4.78, 5) is 50.5. The number of ether oxygens (including phenoxy) is 1. The summed E-state index contributed by atoms with van der Waals surface area (Å²) < 4.78 is 5.31. The topological polar surface area (TPSA) is 160 Å². The normalized spacial score (nSPS) is 13.3. The Kier molecular flexibility index (Phi) is 12.6. The van der Waals surface area contributed by atoms with Gasteiger partial charge in [-0.15, -0.1) is 0 Å². The van der Waals surface area contributed by atoms with Crippen LogP contribution in [0.4, 0.5) is 0 Å². The number of amides is 4. The fraction of sp³-hybridized carbons (Fsp3) is 0.467. The van der Waals surface area contributed by atoms with Gasteiger partial charge in [0.2, 0.25) is 23.6 Å². The number of benzene rings is 2. The zero-order valence-corrected chi connectivity index (χ0v) is 23.9. The second-order valence-corrected chi connectivity index (χ2v) is 10.9. The molecule has 2 rings (SSSR count). The number of rotatable bonds is 15. The third-order valence-electron chi connectivity index (χ3n) is 6.48. The maximum Gasteiger partial charge on any atom is 0.244 e. The molecule has 0 bridgehead atoms. The van der Waals surface area contributed by atoms with Crippen LogP contribution in [0.5, 0.6) is 5.75 Å². The van der Waals surface area contributed by atoms with Crippen LogP contribution in [0.3, 0.4) is 0 Å². The van der Waals surface area contributed by atoms with Gasteiger partial charge in [0.25, 0.3) is 0 Å². The largest absolute Gasteiger partial charge is 0.497 e. The average molecular weight is 555 g/mol. The lowest BCUT2D eigenvalue weighted by Crippen LogP contribution is -2.55. The Hall–Kier alpha value is -3.92. The van der Waals surface area contributed by atoms with Gasteiger partial charge in [-0.1, -0.05) is 64.1 Å². The van der Waals surface area contributed by atoms with E-state index in [9.17, 15) is 19.2 Å². The molecule has 0 aliphatic heterocycles. The molecule has 0 fully saturated rings. The molecule has 3 atom stereocenters. The highest BCUT2D eigenvalue weighted by atomic mass is 16.5. The van der Waals surface area contributed by atoms with E-state index in [0.717, 1.165) is 22.4 Å². The average Bonchev–Trinajstić information content (AvgIpc) is 2.91. The Morgan fingerprint density at radius 1 is 0.850 bits per heavy atom. The first-order chi connectivity index (χ1) is 18.9. The molecule has 10 nitrogen and oxygen atoms in total. The molecule has 0 saturated carbocycles.